The third-order valence-corrected chi connectivity index (χ3v) is 5.89. The van der Waals surface area contributed by atoms with Gasteiger partial charge in [-0.15, -0.1) is 0 Å². The van der Waals surface area contributed by atoms with E-state index < -0.39 is 0 Å². The number of anilines is 1. The van der Waals surface area contributed by atoms with Crippen LogP contribution < -0.4 is 10.5 Å². The van der Waals surface area contributed by atoms with Gasteiger partial charge in [0.05, 0.1) is 31.2 Å². The van der Waals surface area contributed by atoms with Gasteiger partial charge in [0.15, 0.2) is 5.65 Å². The Balaban J connectivity index is 1.32. The number of nitrogens with zero attached hydrogens (tertiary/aromatic N) is 5. The van der Waals surface area contributed by atoms with Crippen LogP contribution in [0, 0.1) is 0 Å². The van der Waals surface area contributed by atoms with Gasteiger partial charge >= 0.3 is 0 Å². The van der Waals surface area contributed by atoms with Gasteiger partial charge < -0.3 is 19.9 Å². The van der Waals surface area contributed by atoms with E-state index >= 15 is 0 Å². The lowest BCUT2D eigenvalue weighted by Gasteiger charge is -2.39. The van der Waals surface area contributed by atoms with Crippen molar-refractivity contribution < 1.29 is 14.2 Å². The smallest absolute Gasteiger partial charge is 0.164 e. The first-order valence-electron chi connectivity index (χ1n) is 11.3. The largest absolute Gasteiger partial charge is 0.457 e. The summed E-state index contributed by atoms with van der Waals surface area (Å²) in [6.45, 7) is 4.58. The Morgan fingerprint density at radius 2 is 1.71 bits per heavy atom. The van der Waals surface area contributed by atoms with Crippen LogP contribution in [0.1, 0.15) is 6.04 Å². The number of hydrogen-bond acceptors (Lipinski definition) is 8. The normalized spacial score (nSPS) is 14.4. The number of benzene rings is 2. The van der Waals surface area contributed by atoms with Gasteiger partial charge in [0.2, 0.25) is 0 Å². The molecule has 0 aliphatic carbocycles. The van der Waals surface area contributed by atoms with Crippen molar-refractivity contribution in [1.29, 1.82) is 0 Å². The number of aromatic nitrogens is 4. The van der Waals surface area contributed by atoms with Gasteiger partial charge in [0, 0.05) is 32.3 Å². The molecule has 4 aromatic rings. The number of rotatable bonds is 10. The molecular formula is C25H28N6O3. The molecule has 0 saturated carbocycles. The summed E-state index contributed by atoms with van der Waals surface area (Å²) in [6.07, 6.45) is 1.50. The highest BCUT2D eigenvalue weighted by molar-refractivity contribution is 5.98. The summed E-state index contributed by atoms with van der Waals surface area (Å²) in [4.78, 5) is 11.1. The number of fused-ring (bicyclic) bond motifs is 1. The number of nitrogens with two attached hydrogens (primary N) is 1. The highest BCUT2D eigenvalue weighted by Gasteiger charge is 2.31. The number of ether oxygens (including phenoxy) is 3. The van der Waals surface area contributed by atoms with Crippen LogP contribution in [0.15, 0.2) is 60.9 Å². The highest BCUT2D eigenvalue weighted by Crippen LogP contribution is 2.34. The van der Waals surface area contributed by atoms with E-state index in [2.05, 4.69) is 14.9 Å². The summed E-state index contributed by atoms with van der Waals surface area (Å²) in [7, 11) is 1.68. The average Bonchev–Trinajstić information content (AvgIpc) is 3.22. The van der Waals surface area contributed by atoms with Gasteiger partial charge in [0.1, 0.15) is 29.3 Å². The van der Waals surface area contributed by atoms with E-state index in [4.69, 9.17) is 25.0 Å². The lowest BCUT2D eigenvalue weighted by atomic mass is 10.1. The molecule has 2 aromatic carbocycles. The maximum atomic E-state index is 6.27. The monoisotopic (exact) mass is 460 g/mol. The van der Waals surface area contributed by atoms with Gasteiger partial charge in [-0.2, -0.15) is 5.10 Å². The predicted octanol–water partition coefficient (Wildman–Crippen LogP) is 3.39. The maximum Gasteiger partial charge on any atom is 0.164 e. The SMILES string of the molecule is COCCOCCN1CC(n2nc(-c3ccc(Oc4ccccc4)cc3)c3c(N)ncnc32)C1. The first-order chi connectivity index (χ1) is 16.7. The van der Waals surface area contributed by atoms with Crippen molar-refractivity contribution >= 4 is 16.9 Å². The van der Waals surface area contributed by atoms with Crippen LogP contribution >= 0.6 is 0 Å². The van der Waals surface area contributed by atoms with E-state index in [1.54, 1.807) is 7.11 Å². The molecular weight excluding hydrogens is 432 g/mol. The third-order valence-electron chi connectivity index (χ3n) is 5.89. The minimum atomic E-state index is 0.227. The summed E-state index contributed by atoms with van der Waals surface area (Å²) in [5.41, 5.74) is 8.74. The first kappa shape index (κ1) is 22.3. The van der Waals surface area contributed by atoms with E-state index in [0.29, 0.717) is 25.6 Å². The third kappa shape index (κ3) is 4.72. The molecule has 3 heterocycles. The quantitative estimate of drug-likeness (QED) is 0.360. The Morgan fingerprint density at radius 1 is 0.941 bits per heavy atom. The second-order valence-corrected chi connectivity index (χ2v) is 8.21. The van der Waals surface area contributed by atoms with E-state index in [0.717, 1.165) is 53.4 Å². The molecule has 1 fully saturated rings. The molecule has 0 radical (unpaired) electrons. The maximum absolute atomic E-state index is 6.27. The first-order valence-corrected chi connectivity index (χ1v) is 11.3. The lowest BCUT2D eigenvalue weighted by molar-refractivity contribution is 0.0299. The minimum Gasteiger partial charge on any atom is -0.457 e. The Labute approximate surface area is 198 Å². The Morgan fingerprint density at radius 3 is 2.47 bits per heavy atom. The molecule has 0 unspecified atom stereocenters. The molecule has 1 saturated heterocycles. The van der Waals surface area contributed by atoms with Crippen LogP contribution in [0.2, 0.25) is 0 Å². The Bertz CT molecular complexity index is 1220. The fourth-order valence-corrected chi connectivity index (χ4v) is 4.08. The van der Waals surface area contributed by atoms with Crippen molar-refractivity contribution in [2.75, 3.05) is 52.3 Å². The zero-order valence-corrected chi connectivity index (χ0v) is 19.1. The van der Waals surface area contributed by atoms with E-state index in [9.17, 15) is 0 Å². The molecule has 5 rings (SSSR count). The number of nitrogen functional groups attached to an aromatic ring is 1. The topological polar surface area (TPSA) is 101 Å². The number of methoxy groups -OCH3 is 1. The van der Waals surface area contributed by atoms with Crippen molar-refractivity contribution in [3.63, 3.8) is 0 Å². The lowest BCUT2D eigenvalue weighted by Crippen LogP contribution is -2.49. The van der Waals surface area contributed by atoms with Gasteiger partial charge in [0.25, 0.3) is 0 Å². The van der Waals surface area contributed by atoms with Crippen molar-refractivity contribution in [1.82, 2.24) is 24.6 Å². The molecule has 2 N–H and O–H groups in total. The molecule has 9 heteroatoms. The van der Waals surface area contributed by atoms with Crippen molar-refractivity contribution in [3.8, 4) is 22.8 Å². The Hall–Kier alpha value is -3.53. The fraction of sp³-hybridized carbons (Fsp3) is 0.320. The summed E-state index contributed by atoms with van der Waals surface area (Å²) >= 11 is 0. The van der Waals surface area contributed by atoms with Crippen LogP contribution in [0.5, 0.6) is 11.5 Å². The van der Waals surface area contributed by atoms with Crippen LogP contribution in [0.4, 0.5) is 5.82 Å². The summed E-state index contributed by atoms with van der Waals surface area (Å²) < 4.78 is 18.5. The zero-order chi connectivity index (χ0) is 23.3. The summed E-state index contributed by atoms with van der Waals surface area (Å²) in [5.74, 6) is 1.98. The van der Waals surface area contributed by atoms with Crippen molar-refractivity contribution in [3.05, 3.63) is 60.9 Å². The molecule has 0 amide bonds. The van der Waals surface area contributed by atoms with Crippen LogP contribution in [-0.4, -0.2) is 71.2 Å². The highest BCUT2D eigenvalue weighted by atomic mass is 16.5. The number of likely N-dealkylation sites (tertiary alicyclic amines) is 1. The van der Waals surface area contributed by atoms with E-state index in [1.165, 1.54) is 6.33 Å². The molecule has 9 nitrogen and oxygen atoms in total. The average molecular weight is 461 g/mol. The number of para-hydroxylation sites is 1. The van der Waals surface area contributed by atoms with Crippen molar-refractivity contribution in [2.45, 2.75) is 6.04 Å². The molecule has 1 aliphatic rings. The van der Waals surface area contributed by atoms with Gasteiger partial charge in [-0.3, -0.25) is 4.90 Å². The zero-order valence-electron chi connectivity index (χ0n) is 19.1. The van der Waals surface area contributed by atoms with E-state index in [1.807, 2.05) is 59.3 Å². The van der Waals surface area contributed by atoms with Gasteiger partial charge in [-0.1, -0.05) is 18.2 Å². The summed E-state index contributed by atoms with van der Waals surface area (Å²) in [5, 5.41) is 5.71. The minimum absolute atomic E-state index is 0.227. The van der Waals surface area contributed by atoms with Gasteiger partial charge in [-0.25, -0.2) is 14.6 Å². The fourth-order valence-electron chi connectivity index (χ4n) is 4.08. The number of hydrogen-bond donors (Lipinski definition) is 1. The van der Waals surface area contributed by atoms with Crippen molar-refractivity contribution in [2.24, 2.45) is 0 Å². The van der Waals surface area contributed by atoms with Crippen LogP contribution in [0.25, 0.3) is 22.3 Å². The molecule has 0 bridgehead atoms. The Kier molecular flexibility index (Phi) is 6.66. The van der Waals surface area contributed by atoms with E-state index in [-0.39, 0.29) is 6.04 Å². The molecule has 34 heavy (non-hydrogen) atoms. The van der Waals surface area contributed by atoms with Crippen LogP contribution in [0.3, 0.4) is 0 Å². The summed E-state index contributed by atoms with van der Waals surface area (Å²) in [6, 6.07) is 17.8. The standard InChI is InChI=1S/C25H28N6O3/c1-32-13-14-33-12-11-30-15-19(16-30)31-25-22(24(26)27-17-28-25)23(29-31)18-7-9-21(10-8-18)34-20-5-3-2-4-6-20/h2-10,17,19H,11-16H2,1H3,(H2,26,27,28). The van der Waals surface area contributed by atoms with Gasteiger partial charge in [-0.05, 0) is 36.4 Å². The second-order valence-electron chi connectivity index (χ2n) is 8.21. The molecule has 0 spiro atoms. The molecule has 176 valence electrons. The molecule has 0 atom stereocenters. The predicted molar refractivity (Wildman–Crippen MR) is 130 cm³/mol. The molecule has 1 aliphatic heterocycles. The molecule has 2 aromatic heterocycles. The van der Waals surface area contributed by atoms with Crippen LogP contribution in [-0.2, 0) is 9.47 Å². The second kappa shape index (κ2) is 10.2.